The molecule has 50 heavy (non-hydrogen) atoms. The molecule has 2 atom stereocenters. The highest BCUT2D eigenvalue weighted by Crippen LogP contribution is 2.47. The number of hydrogen-bond donors (Lipinski definition) is 2. The number of rotatable bonds is 10. The average molecular weight is 683 g/mol. The molecule has 3 fully saturated rings. The number of piperazine rings is 1. The summed E-state index contributed by atoms with van der Waals surface area (Å²) in [7, 11) is 0. The van der Waals surface area contributed by atoms with E-state index in [1.807, 2.05) is 0 Å². The standard InChI is InChI=1S/C40H48F2N6O2/c1-6-27-20-48(21-28(7-2)44-27)38-32-19-43-36(31-18-29(49)17-26-9-10-33(41)30(8-3)34(26)31)35(42)37(32)45-39(46-38)50-23-40(13-14-40)22-47-15-11-25(12-16-47)24(4)5/h3,9-10,17-19,24-25,27-28,44,49H,6-7,11-16,20-23H2,1-2,4-5H3. The van der Waals surface area contributed by atoms with Crippen LogP contribution in [0.15, 0.2) is 30.5 Å². The van der Waals surface area contributed by atoms with E-state index >= 15 is 4.39 Å². The normalized spacial score (nSPS) is 21.2. The zero-order valence-electron chi connectivity index (χ0n) is 29.6. The molecule has 2 aliphatic heterocycles. The van der Waals surface area contributed by atoms with E-state index in [1.165, 1.54) is 37.1 Å². The highest BCUT2D eigenvalue weighted by Gasteiger charge is 2.45. The minimum absolute atomic E-state index is 0.0219. The second kappa shape index (κ2) is 13.9. The van der Waals surface area contributed by atoms with E-state index < -0.39 is 11.6 Å². The summed E-state index contributed by atoms with van der Waals surface area (Å²) in [6.45, 7) is 14.0. The largest absolute Gasteiger partial charge is 0.508 e. The maximum atomic E-state index is 17.0. The van der Waals surface area contributed by atoms with Crippen molar-refractivity contribution in [2.75, 3.05) is 44.2 Å². The van der Waals surface area contributed by atoms with E-state index in [-0.39, 0.29) is 51.6 Å². The van der Waals surface area contributed by atoms with Crippen molar-refractivity contribution in [3.8, 4) is 35.4 Å². The summed E-state index contributed by atoms with van der Waals surface area (Å²) in [6.07, 6.45) is 13.8. The van der Waals surface area contributed by atoms with Gasteiger partial charge in [0, 0.05) is 54.3 Å². The third kappa shape index (κ3) is 6.70. The molecular weight excluding hydrogens is 634 g/mol. The molecule has 0 amide bonds. The van der Waals surface area contributed by atoms with Crippen LogP contribution in [0.2, 0.25) is 0 Å². The van der Waals surface area contributed by atoms with Gasteiger partial charge in [-0.1, -0.05) is 39.7 Å². The van der Waals surface area contributed by atoms with Crippen molar-refractivity contribution in [1.82, 2.24) is 25.2 Å². The van der Waals surface area contributed by atoms with Gasteiger partial charge >= 0.3 is 6.01 Å². The van der Waals surface area contributed by atoms with Gasteiger partial charge in [0.15, 0.2) is 5.82 Å². The topological polar surface area (TPSA) is 86.6 Å². The van der Waals surface area contributed by atoms with Gasteiger partial charge in [-0.15, -0.1) is 6.42 Å². The number of phenolic OH excluding ortho intramolecular Hbond substituents is 1. The lowest BCUT2D eigenvalue weighted by Crippen LogP contribution is -2.56. The smallest absolute Gasteiger partial charge is 0.319 e. The molecule has 4 aromatic rings. The summed E-state index contributed by atoms with van der Waals surface area (Å²) < 4.78 is 38.3. The summed E-state index contributed by atoms with van der Waals surface area (Å²) in [5, 5.41) is 15.6. The molecule has 2 aromatic heterocycles. The summed E-state index contributed by atoms with van der Waals surface area (Å²) in [5.41, 5.74) is 0.179. The minimum Gasteiger partial charge on any atom is -0.508 e. The zero-order chi connectivity index (χ0) is 35.2. The predicted octanol–water partition coefficient (Wildman–Crippen LogP) is 7.30. The number of pyridine rings is 1. The average Bonchev–Trinajstić information content (AvgIpc) is 3.89. The molecular formula is C40H48F2N6O2. The van der Waals surface area contributed by atoms with Crippen LogP contribution in [-0.2, 0) is 0 Å². The summed E-state index contributed by atoms with van der Waals surface area (Å²) in [4.78, 5) is 19.0. The first-order valence-electron chi connectivity index (χ1n) is 18.3. The van der Waals surface area contributed by atoms with Gasteiger partial charge in [0.25, 0.3) is 0 Å². The van der Waals surface area contributed by atoms with E-state index in [4.69, 9.17) is 16.1 Å². The fraction of sp³-hybridized carbons (Fsp3) is 0.525. The molecule has 8 nitrogen and oxygen atoms in total. The molecule has 0 radical (unpaired) electrons. The van der Waals surface area contributed by atoms with Crippen molar-refractivity contribution < 1.29 is 18.6 Å². The number of halogens is 2. The Morgan fingerprint density at radius 3 is 2.44 bits per heavy atom. The molecule has 2 unspecified atom stereocenters. The lowest BCUT2D eigenvalue weighted by Gasteiger charge is -2.39. The number of fused-ring (bicyclic) bond motifs is 2. The monoisotopic (exact) mass is 682 g/mol. The van der Waals surface area contributed by atoms with Gasteiger partial charge in [-0.05, 0) is 87.0 Å². The molecule has 2 aromatic carbocycles. The van der Waals surface area contributed by atoms with Crippen LogP contribution in [0.25, 0.3) is 32.9 Å². The Labute approximate surface area is 293 Å². The van der Waals surface area contributed by atoms with Crippen molar-refractivity contribution in [3.63, 3.8) is 0 Å². The number of aromatic nitrogens is 3. The Morgan fingerprint density at radius 1 is 1.08 bits per heavy atom. The van der Waals surface area contributed by atoms with Crippen LogP contribution in [0.5, 0.6) is 11.8 Å². The molecule has 0 spiro atoms. The molecule has 0 bridgehead atoms. The van der Waals surface area contributed by atoms with Crippen LogP contribution >= 0.6 is 0 Å². The fourth-order valence-electron chi connectivity index (χ4n) is 7.97. The number of likely N-dealkylation sites (tertiary alicyclic amines) is 1. The van der Waals surface area contributed by atoms with Crippen molar-refractivity contribution in [1.29, 1.82) is 0 Å². The minimum atomic E-state index is -0.710. The Kier molecular flexibility index (Phi) is 9.57. The van der Waals surface area contributed by atoms with Crippen LogP contribution < -0.4 is 15.0 Å². The number of anilines is 1. The summed E-state index contributed by atoms with van der Waals surface area (Å²) in [6, 6.07) is 6.21. The van der Waals surface area contributed by atoms with Gasteiger partial charge in [-0.3, -0.25) is 4.98 Å². The number of hydrogen-bond acceptors (Lipinski definition) is 8. The van der Waals surface area contributed by atoms with Gasteiger partial charge in [-0.2, -0.15) is 9.97 Å². The van der Waals surface area contributed by atoms with Crippen LogP contribution in [0.1, 0.15) is 71.8 Å². The second-order valence-corrected chi connectivity index (χ2v) is 15.1. The molecule has 10 heteroatoms. The third-order valence-electron chi connectivity index (χ3n) is 11.3. The molecule has 264 valence electrons. The predicted molar refractivity (Wildman–Crippen MR) is 194 cm³/mol. The highest BCUT2D eigenvalue weighted by molar-refractivity contribution is 6.03. The number of nitrogens with one attached hydrogen (secondary N) is 1. The Balaban J connectivity index is 1.28. The number of phenols is 1. The number of aromatic hydroxyl groups is 1. The van der Waals surface area contributed by atoms with E-state index in [9.17, 15) is 9.50 Å². The maximum absolute atomic E-state index is 17.0. The molecule has 2 N–H and O–H groups in total. The lowest BCUT2D eigenvalue weighted by molar-refractivity contribution is 0.109. The van der Waals surface area contributed by atoms with Gasteiger partial charge in [-0.25, -0.2) is 8.78 Å². The molecule has 3 aliphatic rings. The summed E-state index contributed by atoms with van der Waals surface area (Å²) >= 11 is 0. The molecule has 7 rings (SSSR count). The summed E-state index contributed by atoms with van der Waals surface area (Å²) in [5.74, 6) is 3.06. The Bertz CT molecular complexity index is 1920. The van der Waals surface area contributed by atoms with Crippen LogP contribution in [0, 0.1) is 41.2 Å². The fourth-order valence-corrected chi connectivity index (χ4v) is 7.97. The highest BCUT2D eigenvalue weighted by atomic mass is 19.1. The molecule has 2 saturated heterocycles. The van der Waals surface area contributed by atoms with E-state index in [0.717, 1.165) is 51.2 Å². The number of terminal acetylenes is 1. The first kappa shape index (κ1) is 34.4. The van der Waals surface area contributed by atoms with Crippen molar-refractivity contribution in [2.45, 2.75) is 78.3 Å². The Hall–Kier alpha value is -4.07. The molecule has 1 aliphatic carbocycles. The number of ether oxygens (including phenoxy) is 1. The van der Waals surface area contributed by atoms with E-state index in [0.29, 0.717) is 47.6 Å². The first-order chi connectivity index (χ1) is 24.1. The van der Waals surface area contributed by atoms with Crippen molar-refractivity contribution in [3.05, 3.63) is 47.7 Å². The Morgan fingerprint density at radius 2 is 1.80 bits per heavy atom. The second-order valence-electron chi connectivity index (χ2n) is 15.1. The van der Waals surface area contributed by atoms with Gasteiger partial charge in [0.1, 0.15) is 28.6 Å². The number of piperidine rings is 1. The van der Waals surface area contributed by atoms with Crippen molar-refractivity contribution >= 4 is 27.5 Å². The van der Waals surface area contributed by atoms with Crippen LogP contribution in [-0.4, -0.2) is 76.4 Å². The van der Waals surface area contributed by atoms with Crippen molar-refractivity contribution in [2.24, 2.45) is 17.3 Å². The molecule has 4 heterocycles. The first-order valence-corrected chi connectivity index (χ1v) is 18.3. The van der Waals surface area contributed by atoms with Gasteiger partial charge in [0.2, 0.25) is 0 Å². The van der Waals surface area contributed by atoms with E-state index in [2.05, 4.69) is 58.7 Å². The third-order valence-corrected chi connectivity index (χ3v) is 11.3. The number of benzene rings is 2. The van der Waals surface area contributed by atoms with Crippen LogP contribution in [0.3, 0.4) is 0 Å². The maximum Gasteiger partial charge on any atom is 0.319 e. The quantitative estimate of drug-likeness (QED) is 0.169. The van der Waals surface area contributed by atoms with E-state index in [1.54, 1.807) is 6.20 Å². The SMILES string of the molecule is C#Cc1c(F)ccc2cc(O)cc(-c3ncc4c(N5CC(CC)NC(CC)C5)nc(OCC5(CN6CCC(C(C)C)CC6)CC5)nc4c3F)c12. The van der Waals surface area contributed by atoms with Crippen LogP contribution in [0.4, 0.5) is 14.6 Å². The zero-order valence-corrected chi connectivity index (χ0v) is 29.6. The number of nitrogens with zero attached hydrogens (tertiary/aromatic N) is 5. The van der Waals surface area contributed by atoms with Gasteiger partial charge < -0.3 is 25.0 Å². The lowest BCUT2D eigenvalue weighted by atomic mass is 9.86. The molecule has 1 saturated carbocycles. The van der Waals surface area contributed by atoms with Gasteiger partial charge in [0.05, 0.1) is 17.6 Å².